The molecule has 0 bridgehead atoms. The van der Waals surface area contributed by atoms with E-state index in [4.69, 9.17) is 4.42 Å². The second-order valence-corrected chi connectivity index (χ2v) is 9.17. The third-order valence-corrected chi connectivity index (χ3v) is 7.17. The van der Waals surface area contributed by atoms with Crippen LogP contribution in [-0.4, -0.2) is 47.0 Å². The zero-order chi connectivity index (χ0) is 22.8. The first-order valence-corrected chi connectivity index (χ1v) is 12.1. The molecule has 1 amide bonds. The first kappa shape index (κ1) is 21.5. The normalized spacial score (nSPS) is 14.1. The Balaban J connectivity index is 1.36. The van der Waals surface area contributed by atoms with Gasteiger partial charge < -0.3 is 14.2 Å². The van der Waals surface area contributed by atoms with Gasteiger partial charge in [-0.3, -0.25) is 4.79 Å². The summed E-state index contributed by atoms with van der Waals surface area (Å²) in [5.74, 6) is 0.959. The number of furan rings is 1. The van der Waals surface area contributed by atoms with Crippen molar-refractivity contribution in [3.05, 3.63) is 83.4 Å². The fourth-order valence-corrected chi connectivity index (χ4v) is 5.11. The van der Waals surface area contributed by atoms with Crippen LogP contribution in [0.25, 0.3) is 11.0 Å². The van der Waals surface area contributed by atoms with Gasteiger partial charge in [0, 0.05) is 61.0 Å². The number of nitrogens with zero attached hydrogens (tertiary/aromatic N) is 4. The molecule has 6 nitrogen and oxygen atoms in total. The number of rotatable bonds is 5. The van der Waals surface area contributed by atoms with Crippen LogP contribution >= 0.6 is 11.8 Å². The zero-order valence-corrected chi connectivity index (χ0v) is 19.6. The SMILES string of the molecule is Cc1cccc(N2CCN(C(=O)c3oc4ccccc4c3CSc3ncccn3)CC2)c1C. The van der Waals surface area contributed by atoms with Crippen molar-refractivity contribution in [1.29, 1.82) is 0 Å². The van der Waals surface area contributed by atoms with E-state index >= 15 is 0 Å². The van der Waals surface area contributed by atoms with Crippen molar-refractivity contribution in [3.8, 4) is 0 Å². The Morgan fingerprint density at radius 1 is 0.970 bits per heavy atom. The van der Waals surface area contributed by atoms with E-state index in [0.717, 1.165) is 29.6 Å². The lowest BCUT2D eigenvalue weighted by molar-refractivity contribution is 0.0716. The average molecular weight is 459 g/mol. The minimum atomic E-state index is -0.0450. The first-order valence-electron chi connectivity index (χ1n) is 11.1. The summed E-state index contributed by atoms with van der Waals surface area (Å²) in [5, 5.41) is 1.65. The van der Waals surface area contributed by atoms with Crippen LogP contribution in [0, 0.1) is 13.8 Å². The van der Waals surface area contributed by atoms with Crippen LogP contribution < -0.4 is 4.90 Å². The summed E-state index contributed by atoms with van der Waals surface area (Å²) in [5.41, 5.74) is 5.49. The highest BCUT2D eigenvalue weighted by atomic mass is 32.2. The Morgan fingerprint density at radius 3 is 2.52 bits per heavy atom. The monoisotopic (exact) mass is 458 g/mol. The van der Waals surface area contributed by atoms with Gasteiger partial charge in [-0.2, -0.15) is 0 Å². The van der Waals surface area contributed by atoms with Gasteiger partial charge in [-0.25, -0.2) is 9.97 Å². The van der Waals surface area contributed by atoms with Crippen LogP contribution in [0.4, 0.5) is 5.69 Å². The van der Waals surface area contributed by atoms with Gasteiger partial charge in [0.05, 0.1) is 0 Å². The number of carbonyl (C=O) groups is 1. The number of anilines is 1. The minimum absolute atomic E-state index is 0.0450. The van der Waals surface area contributed by atoms with Crippen molar-refractivity contribution < 1.29 is 9.21 Å². The van der Waals surface area contributed by atoms with Gasteiger partial charge in [-0.1, -0.05) is 42.1 Å². The molecule has 4 aromatic rings. The topological polar surface area (TPSA) is 62.5 Å². The number of thioether (sulfide) groups is 1. The lowest BCUT2D eigenvalue weighted by atomic mass is 10.1. The molecule has 33 heavy (non-hydrogen) atoms. The van der Waals surface area contributed by atoms with Gasteiger partial charge in [0.25, 0.3) is 5.91 Å². The van der Waals surface area contributed by atoms with Gasteiger partial charge >= 0.3 is 0 Å². The summed E-state index contributed by atoms with van der Waals surface area (Å²) in [6, 6.07) is 16.0. The highest BCUT2D eigenvalue weighted by Gasteiger charge is 2.28. The number of piperazine rings is 1. The molecular formula is C26H26N4O2S. The van der Waals surface area contributed by atoms with E-state index in [-0.39, 0.29) is 5.91 Å². The standard InChI is InChI=1S/C26H26N4O2S/c1-18-7-5-9-22(19(18)2)29-13-15-30(16-14-29)25(31)24-21(17-33-26-27-11-6-12-28-26)20-8-3-4-10-23(20)32-24/h3-12H,13-17H2,1-2H3. The molecule has 5 rings (SSSR count). The van der Waals surface area contributed by atoms with Crippen molar-refractivity contribution in [2.75, 3.05) is 31.1 Å². The average Bonchev–Trinajstić information content (AvgIpc) is 3.23. The number of hydrogen-bond donors (Lipinski definition) is 0. The molecule has 0 unspecified atom stereocenters. The molecule has 1 fully saturated rings. The van der Waals surface area contributed by atoms with Gasteiger partial charge in [-0.05, 0) is 43.2 Å². The molecule has 7 heteroatoms. The molecule has 1 aliphatic rings. The third kappa shape index (κ3) is 4.33. The summed E-state index contributed by atoms with van der Waals surface area (Å²) in [7, 11) is 0. The third-order valence-electron chi connectivity index (χ3n) is 6.26. The maximum Gasteiger partial charge on any atom is 0.290 e. The molecule has 3 heterocycles. The van der Waals surface area contributed by atoms with Crippen LogP contribution in [0.5, 0.6) is 0 Å². The van der Waals surface area contributed by atoms with Crippen molar-refractivity contribution >= 4 is 34.3 Å². The Labute approximate surface area is 197 Å². The van der Waals surface area contributed by atoms with Crippen molar-refractivity contribution in [1.82, 2.24) is 14.9 Å². The van der Waals surface area contributed by atoms with Gasteiger partial charge in [0.15, 0.2) is 10.9 Å². The largest absolute Gasteiger partial charge is 0.451 e. The van der Waals surface area contributed by atoms with Crippen LogP contribution in [0.1, 0.15) is 27.2 Å². The van der Waals surface area contributed by atoms with Crippen molar-refractivity contribution in [2.45, 2.75) is 24.8 Å². The summed E-state index contributed by atoms with van der Waals surface area (Å²) in [4.78, 5) is 26.4. The van der Waals surface area contributed by atoms with E-state index in [9.17, 15) is 4.79 Å². The summed E-state index contributed by atoms with van der Waals surface area (Å²) >= 11 is 1.51. The highest BCUT2D eigenvalue weighted by Crippen LogP contribution is 2.32. The number of amides is 1. The smallest absolute Gasteiger partial charge is 0.290 e. The summed E-state index contributed by atoms with van der Waals surface area (Å²) in [6.07, 6.45) is 3.45. The van der Waals surface area contributed by atoms with Crippen LogP contribution in [0.3, 0.4) is 0 Å². The van der Waals surface area contributed by atoms with E-state index < -0.39 is 0 Å². The fourth-order valence-electron chi connectivity index (χ4n) is 4.28. The molecule has 1 saturated heterocycles. The van der Waals surface area contributed by atoms with E-state index in [2.05, 4.69) is 46.9 Å². The van der Waals surface area contributed by atoms with Crippen LogP contribution in [0.15, 0.2) is 70.5 Å². The molecular weight excluding hydrogens is 432 g/mol. The molecule has 168 valence electrons. The predicted octanol–water partition coefficient (Wildman–Crippen LogP) is 5.09. The first-order chi connectivity index (χ1) is 16.1. The Hall–Kier alpha value is -3.32. The number of aromatic nitrogens is 2. The summed E-state index contributed by atoms with van der Waals surface area (Å²) < 4.78 is 6.09. The summed E-state index contributed by atoms with van der Waals surface area (Å²) in [6.45, 7) is 7.24. The minimum Gasteiger partial charge on any atom is -0.451 e. The zero-order valence-electron chi connectivity index (χ0n) is 18.8. The Bertz CT molecular complexity index is 1280. The molecule has 1 aliphatic heterocycles. The van der Waals surface area contributed by atoms with Gasteiger partial charge in [0.1, 0.15) is 5.58 Å². The lowest BCUT2D eigenvalue weighted by Gasteiger charge is -2.36. The quantitative estimate of drug-likeness (QED) is 0.306. The highest BCUT2D eigenvalue weighted by molar-refractivity contribution is 7.98. The maximum atomic E-state index is 13.5. The van der Waals surface area contributed by atoms with E-state index in [0.29, 0.717) is 29.8 Å². The second kappa shape index (κ2) is 9.27. The number of carbonyl (C=O) groups excluding carboxylic acids is 1. The number of benzene rings is 2. The molecule has 0 spiro atoms. The maximum absolute atomic E-state index is 13.5. The molecule has 0 aliphatic carbocycles. The van der Waals surface area contributed by atoms with Gasteiger partial charge in [0.2, 0.25) is 0 Å². The fraction of sp³-hybridized carbons (Fsp3) is 0.269. The number of para-hydroxylation sites is 1. The molecule has 0 atom stereocenters. The molecule has 0 saturated carbocycles. The lowest BCUT2D eigenvalue weighted by Crippen LogP contribution is -2.49. The van der Waals surface area contributed by atoms with Crippen molar-refractivity contribution in [3.63, 3.8) is 0 Å². The Kier molecular flexibility index (Phi) is 6.05. The van der Waals surface area contributed by atoms with E-state index in [1.54, 1.807) is 18.5 Å². The second-order valence-electron chi connectivity index (χ2n) is 8.22. The number of hydrogen-bond acceptors (Lipinski definition) is 6. The number of aryl methyl sites for hydroxylation is 1. The number of fused-ring (bicyclic) bond motifs is 1. The molecule has 2 aromatic heterocycles. The molecule has 0 radical (unpaired) electrons. The van der Waals surface area contributed by atoms with Crippen LogP contribution in [0.2, 0.25) is 0 Å². The van der Waals surface area contributed by atoms with E-state index in [1.165, 1.54) is 28.6 Å². The van der Waals surface area contributed by atoms with Crippen molar-refractivity contribution in [2.24, 2.45) is 0 Å². The predicted molar refractivity (Wildman–Crippen MR) is 132 cm³/mol. The molecule has 0 N–H and O–H groups in total. The molecule has 2 aromatic carbocycles. The van der Waals surface area contributed by atoms with E-state index in [1.807, 2.05) is 29.2 Å². The Morgan fingerprint density at radius 2 is 1.73 bits per heavy atom. The van der Waals surface area contributed by atoms with Crippen LogP contribution in [-0.2, 0) is 5.75 Å². The van der Waals surface area contributed by atoms with Gasteiger partial charge in [-0.15, -0.1) is 0 Å².